The Morgan fingerprint density at radius 2 is 2.12 bits per heavy atom. The van der Waals surface area contributed by atoms with E-state index in [1.54, 1.807) is 6.92 Å². The summed E-state index contributed by atoms with van der Waals surface area (Å²) in [6, 6.07) is 1.36. The molecule has 0 spiro atoms. The van der Waals surface area contributed by atoms with Gasteiger partial charge in [-0.2, -0.15) is 0 Å². The summed E-state index contributed by atoms with van der Waals surface area (Å²) in [6.45, 7) is 1.19. The van der Waals surface area contributed by atoms with Gasteiger partial charge in [-0.3, -0.25) is 4.98 Å². The lowest BCUT2D eigenvalue weighted by atomic mass is 9.97. The summed E-state index contributed by atoms with van der Waals surface area (Å²) in [5.41, 5.74) is -0.600. The molecule has 6 heteroatoms. The normalized spacial score (nSPS) is 11.2. The second-order valence-corrected chi connectivity index (χ2v) is 3.80. The van der Waals surface area contributed by atoms with Gasteiger partial charge in [0.15, 0.2) is 0 Å². The van der Waals surface area contributed by atoms with Crippen LogP contribution in [0.25, 0.3) is 0 Å². The number of carboxylic acids is 1. The predicted octanol–water partition coefficient (Wildman–Crippen LogP) is 0.325. The number of pyridine rings is 1. The zero-order valence-electron chi connectivity index (χ0n) is 9.55. The molecule has 1 heterocycles. The fourth-order valence-electron chi connectivity index (χ4n) is 1.41. The number of aliphatic hydroxyl groups excluding tert-OH is 2. The quantitative estimate of drug-likeness (QED) is 0.571. The van der Waals surface area contributed by atoms with Gasteiger partial charge >= 0.3 is 5.97 Å². The van der Waals surface area contributed by atoms with E-state index in [9.17, 15) is 15.0 Å². The number of aliphatic hydroxyl groups is 2. The molecule has 0 unspecified atom stereocenters. The minimum Gasteiger partial charge on any atom is -0.478 e. The lowest BCUT2D eigenvalue weighted by Crippen LogP contribution is -2.45. The van der Waals surface area contributed by atoms with Crippen molar-refractivity contribution in [2.45, 2.75) is 18.9 Å². The molecule has 0 aliphatic rings. The number of carbonyl (C=O) groups is 1. The van der Waals surface area contributed by atoms with Crippen LogP contribution in [0.4, 0.5) is 5.69 Å². The summed E-state index contributed by atoms with van der Waals surface area (Å²) in [5.74, 6) is -1.09. The van der Waals surface area contributed by atoms with Gasteiger partial charge < -0.3 is 20.6 Å². The van der Waals surface area contributed by atoms with Crippen molar-refractivity contribution >= 4 is 11.7 Å². The van der Waals surface area contributed by atoms with Gasteiger partial charge in [0.05, 0.1) is 36.2 Å². The molecular formula is C11H16N2O4. The van der Waals surface area contributed by atoms with Crippen molar-refractivity contribution in [1.29, 1.82) is 0 Å². The Labute approximate surface area is 98.9 Å². The van der Waals surface area contributed by atoms with Crippen molar-refractivity contribution in [3.63, 3.8) is 0 Å². The average Bonchev–Trinajstić information content (AvgIpc) is 2.36. The predicted molar refractivity (Wildman–Crippen MR) is 62.0 cm³/mol. The van der Waals surface area contributed by atoms with E-state index in [2.05, 4.69) is 10.3 Å². The van der Waals surface area contributed by atoms with E-state index >= 15 is 0 Å². The molecule has 0 saturated heterocycles. The summed E-state index contributed by atoms with van der Waals surface area (Å²) in [5, 5.41) is 30.4. The highest BCUT2D eigenvalue weighted by Gasteiger charge is 2.27. The van der Waals surface area contributed by atoms with E-state index in [0.717, 1.165) is 0 Å². The largest absolute Gasteiger partial charge is 0.478 e. The number of aromatic carboxylic acids is 1. The maximum absolute atomic E-state index is 11.0. The molecule has 17 heavy (non-hydrogen) atoms. The van der Waals surface area contributed by atoms with E-state index in [-0.39, 0.29) is 24.5 Å². The molecule has 0 atom stereocenters. The molecule has 0 saturated carbocycles. The van der Waals surface area contributed by atoms with Crippen LogP contribution in [0.2, 0.25) is 0 Å². The minimum absolute atomic E-state index is 0.0553. The molecule has 0 bridgehead atoms. The first-order chi connectivity index (χ1) is 8.08. The first kappa shape index (κ1) is 13.4. The summed E-state index contributed by atoms with van der Waals surface area (Å²) in [4.78, 5) is 14.8. The van der Waals surface area contributed by atoms with Gasteiger partial charge in [0, 0.05) is 6.20 Å². The van der Waals surface area contributed by atoms with Gasteiger partial charge in [-0.15, -0.1) is 0 Å². The zero-order valence-corrected chi connectivity index (χ0v) is 9.55. The van der Waals surface area contributed by atoms with E-state index in [0.29, 0.717) is 6.42 Å². The minimum atomic E-state index is -1.09. The van der Waals surface area contributed by atoms with Crippen molar-refractivity contribution in [3.8, 4) is 0 Å². The van der Waals surface area contributed by atoms with Crippen LogP contribution < -0.4 is 5.32 Å². The summed E-state index contributed by atoms with van der Waals surface area (Å²) in [6.07, 6.45) is 3.19. The fourth-order valence-corrected chi connectivity index (χ4v) is 1.41. The third kappa shape index (κ3) is 2.92. The first-order valence-electron chi connectivity index (χ1n) is 5.26. The fraction of sp³-hybridized carbons (Fsp3) is 0.455. The summed E-state index contributed by atoms with van der Waals surface area (Å²) in [7, 11) is 0. The molecule has 4 N–H and O–H groups in total. The van der Waals surface area contributed by atoms with Crippen molar-refractivity contribution in [1.82, 2.24) is 4.98 Å². The molecule has 0 aromatic carbocycles. The number of hydrogen-bond donors (Lipinski definition) is 4. The number of nitrogens with zero attached hydrogens (tertiary/aromatic N) is 1. The van der Waals surface area contributed by atoms with E-state index in [1.165, 1.54) is 18.5 Å². The Kier molecular flexibility index (Phi) is 4.42. The average molecular weight is 240 g/mol. The first-order valence-corrected chi connectivity index (χ1v) is 5.26. The second kappa shape index (κ2) is 5.60. The molecule has 0 fully saturated rings. The highest BCUT2D eigenvalue weighted by molar-refractivity contribution is 5.94. The number of nitrogens with one attached hydrogen (secondary N) is 1. The molecule has 1 rings (SSSR count). The van der Waals surface area contributed by atoms with Crippen LogP contribution >= 0.6 is 0 Å². The molecule has 0 aliphatic heterocycles. The van der Waals surface area contributed by atoms with Crippen LogP contribution in [0.5, 0.6) is 0 Å². The van der Waals surface area contributed by atoms with Crippen LogP contribution in [-0.4, -0.2) is 45.0 Å². The molecule has 6 nitrogen and oxygen atoms in total. The highest BCUT2D eigenvalue weighted by atomic mass is 16.4. The van der Waals surface area contributed by atoms with Gasteiger partial charge in [0.1, 0.15) is 0 Å². The number of rotatable bonds is 6. The second-order valence-electron chi connectivity index (χ2n) is 3.80. The monoisotopic (exact) mass is 240 g/mol. The van der Waals surface area contributed by atoms with E-state index in [1.807, 2.05) is 0 Å². The standard InChI is InChI=1S/C11H16N2O4/c1-2-11(6-14,7-15)13-9-5-12-4-3-8(9)10(16)17/h3-5,13-15H,2,6-7H2,1H3,(H,16,17). The molecule has 1 aromatic rings. The Balaban J connectivity index is 3.05. The molecular weight excluding hydrogens is 224 g/mol. The topological polar surface area (TPSA) is 103 Å². The SMILES string of the molecule is CCC(CO)(CO)Nc1cnccc1C(=O)O. The van der Waals surface area contributed by atoms with Crippen molar-refractivity contribution in [2.24, 2.45) is 0 Å². The third-order valence-electron chi connectivity index (χ3n) is 2.73. The lowest BCUT2D eigenvalue weighted by molar-refractivity contribution is 0.0696. The maximum atomic E-state index is 11.0. The van der Waals surface area contributed by atoms with Crippen LogP contribution in [0.15, 0.2) is 18.5 Å². The van der Waals surface area contributed by atoms with Gasteiger partial charge in [-0.05, 0) is 12.5 Å². The Morgan fingerprint density at radius 1 is 1.47 bits per heavy atom. The summed E-state index contributed by atoms with van der Waals surface area (Å²) < 4.78 is 0. The molecule has 1 aromatic heterocycles. The smallest absolute Gasteiger partial charge is 0.337 e. The number of anilines is 1. The maximum Gasteiger partial charge on any atom is 0.337 e. The van der Waals surface area contributed by atoms with Gasteiger partial charge in [0.2, 0.25) is 0 Å². The number of hydrogen-bond acceptors (Lipinski definition) is 5. The highest BCUT2D eigenvalue weighted by Crippen LogP contribution is 2.21. The number of carboxylic acid groups (broad SMARTS) is 1. The van der Waals surface area contributed by atoms with Gasteiger partial charge in [-0.25, -0.2) is 4.79 Å². The molecule has 0 radical (unpaired) electrons. The third-order valence-corrected chi connectivity index (χ3v) is 2.73. The van der Waals surface area contributed by atoms with Crippen molar-refractivity contribution < 1.29 is 20.1 Å². The van der Waals surface area contributed by atoms with Crippen molar-refractivity contribution in [2.75, 3.05) is 18.5 Å². The Bertz CT molecular complexity index is 383. The van der Waals surface area contributed by atoms with E-state index < -0.39 is 11.5 Å². The Morgan fingerprint density at radius 3 is 2.59 bits per heavy atom. The van der Waals surface area contributed by atoms with Gasteiger partial charge in [-0.1, -0.05) is 6.92 Å². The zero-order chi connectivity index (χ0) is 12.9. The molecule has 0 amide bonds. The van der Waals surface area contributed by atoms with Crippen LogP contribution in [0.3, 0.4) is 0 Å². The van der Waals surface area contributed by atoms with Crippen LogP contribution in [-0.2, 0) is 0 Å². The van der Waals surface area contributed by atoms with Crippen LogP contribution in [0.1, 0.15) is 23.7 Å². The van der Waals surface area contributed by atoms with E-state index in [4.69, 9.17) is 5.11 Å². The van der Waals surface area contributed by atoms with Crippen LogP contribution in [0, 0.1) is 0 Å². The summed E-state index contributed by atoms with van der Waals surface area (Å²) >= 11 is 0. The van der Waals surface area contributed by atoms with Gasteiger partial charge in [0.25, 0.3) is 0 Å². The van der Waals surface area contributed by atoms with Crippen molar-refractivity contribution in [3.05, 3.63) is 24.0 Å². The molecule has 94 valence electrons. The lowest BCUT2D eigenvalue weighted by Gasteiger charge is -2.31. The Hall–Kier alpha value is -1.66. The molecule has 0 aliphatic carbocycles. The number of aromatic nitrogens is 1.